The fourth-order valence-electron chi connectivity index (χ4n) is 2.11. The van der Waals surface area contributed by atoms with Gasteiger partial charge in [-0.25, -0.2) is 0 Å². The van der Waals surface area contributed by atoms with Crippen LogP contribution < -0.4 is 0 Å². The Morgan fingerprint density at radius 1 is 1.06 bits per heavy atom. The number of aromatic nitrogens is 3. The van der Waals surface area contributed by atoms with Crippen LogP contribution in [0.3, 0.4) is 0 Å². The van der Waals surface area contributed by atoms with E-state index in [9.17, 15) is 0 Å². The van der Waals surface area contributed by atoms with E-state index in [1.54, 1.807) is 10.9 Å². The van der Waals surface area contributed by atoms with Crippen molar-refractivity contribution >= 4 is 10.9 Å². The second-order valence-electron chi connectivity index (χ2n) is 4.08. The Morgan fingerprint density at radius 3 is 2.67 bits per heavy atom. The van der Waals surface area contributed by atoms with Crippen LogP contribution in [0.25, 0.3) is 22.0 Å². The van der Waals surface area contributed by atoms with Crippen LogP contribution in [-0.4, -0.2) is 26.5 Å². The van der Waals surface area contributed by atoms with Gasteiger partial charge in [-0.15, -0.1) is 0 Å². The molecule has 1 aromatic carbocycles. The average molecular weight is 239 g/mol. The number of nitrogens with zero attached hydrogens (tertiary/aromatic N) is 3. The third-order valence-corrected chi connectivity index (χ3v) is 2.97. The van der Waals surface area contributed by atoms with Crippen LogP contribution in [0.5, 0.6) is 0 Å². The second-order valence-corrected chi connectivity index (χ2v) is 4.08. The summed E-state index contributed by atoms with van der Waals surface area (Å²) in [5, 5.41) is 14.4. The zero-order chi connectivity index (χ0) is 12.4. The van der Waals surface area contributed by atoms with Crippen molar-refractivity contribution < 1.29 is 5.11 Å². The highest BCUT2D eigenvalue weighted by atomic mass is 16.3. The van der Waals surface area contributed by atoms with Gasteiger partial charge < -0.3 is 5.11 Å². The maximum atomic E-state index is 9.00. The lowest BCUT2D eigenvalue weighted by Crippen LogP contribution is -2.03. The largest absolute Gasteiger partial charge is 0.394 e. The molecule has 0 spiro atoms. The predicted octanol–water partition coefficient (Wildman–Crippen LogP) is 2.09. The summed E-state index contributed by atoms with van der Waals surface area (Å²) in [7, 11) is 0. The molecule has 0 atom stereocenters. The summed E-state index contributed by atoms with van der Waals surface area (Å²) in [6.45, 7) is 0.565. The molecule has 1 N–H and O–H groups in total. The van der Waals surface area contributed by atoms with Crippen molar-refractivity contribution in [2.75, 3.05) is 6.61 Å². The van der Waals surface area contributed by atoms with E-state index in [1.165, 1.54) is 0 Å². The quantitative estimate of drug-likeness (QED) is 0.761. The summed E-state index contributed by atoms with van der Waals surface area (Å²) < 4.78 is 1.77. The van der Waals surface area contributed by atoms with Gasteiger partial charge in [-0.2, -0.15) is 5.10 Å². The standard InChI is InChI=1S/C14H13N3O/c18-7-6-17-14-10-15-8-12(13(14)9-16-17)11-4-2-1-3-5-11/h1-5,8-10,18H,6-7H2. The van der Waals surface area contributed by atoms with Crippen LogP contribution in [0.1, 0.15) is 0 Å². The van der Waals surface area contributed by atoms with Gasteiger partial charge >= 0.3 is 0 Å². The van der Waals surface area contributed by atoms with E-state index in [1.807, 2.05) is 30.6 Å². The lowest BCUT2D eigenvalue weighted by atomic mass is 10.1. The van der Waals surface area contributed by atoms with Gasteiger partial charge in [-0.3, -0.25) is 9.67 Å². The molecule has 0 aliphatic rings. The van der Waals surface area contributed by atoms with E-state index >= 15 is 0 Å². The minimum Gasteiger partial charge on any atom is -0.394 e. The van der Waals surface area contributed by atoms with Gasteiger partial charge in [0.2, 0.25) is 0 Å². The lowest BCUT2D eigenvalue weighted by Gasteiger charge is -2.04. The van der Waals surface area contributed by atoms with Crippen molar-refractivity contribution in [1.29, 1.82) is 0 Å². The highest BCUT2D eigenvalue weighted by molar-refractivity contribution is 5.93. The summed E-state index contributed by atoms with van der Waals surface area (Å²) in [6.07, 6.45) is 5.46. The van der Waals surface area contributed by atoms with E-state index < -0.39 is 0 Å². The van der Waals surface area contributed by atoms with E-state index in [0.29, 0.717) is 6.54 Å². The number of aliphatic hydroxyl groups is 1. The fourth-order valence-corrected chi connectivity index (χ4v) is 2.11. The Bertz CT molecular complexity index is 661. The van der Waals surface area contributed by atoms with Crippen LogP contribution >= 0.6 is 0 Å². The first kappa shape index (κ1) is 10.9. The predicted molar refractivity (Wildman–Crippen MR) is 70.0 cm³/mol. The SMILES string of the molecule is OCCn1ncc2c(-c3ccccc3)cncc21. The smallest absolute Gasteiger partial charge is 0.0872 e. The molecule has 0 unspecified atom stereocenters. The average Bonchev–Trinajstić information content (AvgIpc) is 2.84. The Labute approximate surface area is 105 Å². The highest BCUT2D eigenvalue weighted by Gasteiger charge is 2.08. The van der Waals surface area contributed by atoms with Crippen molar-refractivity contribution in [1.82, 2.24) is 14.8 Å². The van der Waals surface area contributed by atoms with Crippen LogP contribution in [0.4, 0.5) is 0 Å². The monoisotopic (exact) mass is 239 g/mol. The Morgan fingerprint density at radius 2 is 1.89 bits per heavy atom. The maximum Gasteiger partial charge on any atom is 0.0872 e. The Balaban J connectivity index is 2.19. The van der Waals surface area contributed by atoms with Gasteiger partial charge in [0.05, 0.1) is 31.1 Å². The first-order valence-electron chi connectivity index (χ1n) is 5.86. The van der Waals surface area contributed by atoms with Crippen molar-refractivity contribution in [3.63, 3.8) is 0 Å². The molecule has 4 nitrogen and oxygen atoms in total. The molecular formula is C14H13N3O. The molecule has 4 heteroatoms. The van der Waals surface area contributed by atoms with Gasteiger partial charge in [-0.1, -0.05) is 30.3 Å². The highest BCUT2D eigenvalue weighted by Crippen LogP contribution is 2.26. The summed E-state index contributed by atoms with van der Waals surface area (Å²) in [6, 6.07) is 10.1. The van der Waals surface area contributed by atoms with Gasteiger partial charge in [0, 0.05) is 17.1 Å². The zero-order valence-electron chi connectivity index (χ0n) is 9.82. The van der Waals surface area contributed by atoms with Crippen molar-refractivity contribution in [2.45, 2.75) is 6.54 Å². The minimum absolute atomic E-state index is 0.0757. The Hall–Kier alpha value is -2.20. The summed E-state index contributed by atoms with van der Waals surface area (Å²) in [5.41, 5.74) is 3.14. The molecule has 0 aliphatic heterocycles. The zero-order valence-corrected chi connectivity index (χ0v) is 9.82. The molecule has 0 bridgehead atoms. The third-order valence-electron chi connectivity index (χ3n) is 2.97. The summed E-state index contributed by atoms with van der Waals surface area (Å²) in [5.74, 6) is 0. The molecule has 2 aromatic heterocycles. The molecule has 18 heavy (non-hydrogen) atoms. The normalized spacial score (nSPS) is 10.9. The number of fused-ring (bicyclic) bond motifs is 1. The topological polar surface area (TPSA) is 50.9 Å². The molecule has 3 aromatic rings. The van der Waals surface area contributed by atoms with Gasteiger partial charge in [-0.05, 0) is 5.56 Å². The molecule has 0 amide bonds. The van der Waals surface area contributed by atoms with Crippen LogP contribution in [-0.2, 0) is 6.54 Å². The molecular weight excluding hydrogens is 226 g/mol. The molecule has 0 fully saturated rings. The number of benzene rings is 1. The van der Waals surface area contributed by atoms with Crippen molar-refractivity contribution in [3.05, 3.63) is 48.9 Å². The van der Waals surface area contributed by atoms with E-state index in [2.05, 4.69) is 22.2 Å². The number of aliphatic hydroxyl groups excluding tert-OH is 1. The number of pyridine rings is 1. The molecule has 0 saturated heterocycles. The molecule has 0 radical (unpaired) electrons. The first-order valence-corrected chi connectivity index (χ1v) is 5.86. The molecule has 90 valence electrons. The number of hydrogen-bond acceptors (Lipinski definition) is 3. The van der Waals surface area contributed by atoms with E-state index in [4.69, 9.17) is 5.11 Å². The first-order chi connectivity index (χ1) is 8.90. The van der Waals surface area contributed by atoms with Gasteiger partial charge in [0.15, 0.2) is 0 Å². The summed E-state index contributed by atoms with van der Waals surface area (Å²) >= 11 is 0. The molecule has 0 aliphatic carbocycles. The van der Waals surface area contributed by atoms with Crippen molar-refractivity contribution in [3.8, 4) is 11.1 Å². The van der Waals surface area contributed by atoms with Crippen molar-refractivity contribution in [2.24, 2.45) is 0 Å². The second kappa shape index (κ2) is 4.58. The van der Waals surface area contributed by atoms with Crippen LogP contribution in [0.2, 0.25) is 0 Å². The lowest BCUT2D eigenvalue weighted by molar-refractivity contribution is 0.271. The minimum atomic E-state index is 0.0757. The van der Waals surface area contributed by atoms with Crippen LogP contribution in [0, 0.1) is 0 Å². The Kier molecular flexibility index (Phi) is 2.78. The summed E-state index contributed by atoms with van der Waals surface area (Å²) in [4.78, 5) is 4.26. The molecule has 2 heterocycles. The maximum absolute atomic E-state index is 9.00. The van der Waals surface area contributed by atoms with Gasteiger partial charge in [0.25, 0.3) is 0 Å². The van der Waals surface area contributed by atoms with Gasteiger partial charge in [0.1, 0.15) is 0 Å². The number of rotatable bonds is 3. The fraction of sp³-hybridized carbons (Fsp3) is 0.143. The van der Waals surface area contributed by atoms with E-state index in [-0.39, 0.29) is 6.61 Å². The third kappa shape index (κ3) is 1.76. The van der Waals surface area contributed by atoms with Crippen LogP contribution in [0.15, 0.2) is 48.9 Å². The number of hydrogen-bond donors (Lipinski definition) is 1. The molecule has 0 saturated carbocycles. The molecule has 3 rings (SSSR count). The van der Waals surface area contributed by atoms with E-state index in [0.717, 1.165) is 22.0 Å².